The maximum Gasteiger partial charge on any atom is 0.316 e. The second-order valence-corrected chi connectivity index (χ2v) is 5.09. The number of hydrogen-bond donors (Lipinski definition) is 2. The van der Waals surface area contributed by atoms with Crippen LogP contribution in [-0.4, -0.2) is 32.8 Å². The molecular weight excluding hydrogens is 188 g/mol. The number of hydrogen-bond acceptors (Lipinski definition) is 3. The van der Waals surface area contributed by atoms with Crippen LogP contribution in [-0.2, 0) is 4.79 Å². The fraction of sp³-hybridized carbons (Fsp3) is 0.889. The third-order valence-corrected chi connectivity index (χ3v) is 3.90. The normalized spacial score (nSPS) is 31.2. The van der Waals surface area contributed by atoms with Gasteiger partial charge in [-0.15, -0.1) is 11.8 Å². The van der Waals surface area contributed by atoms with E-state index in [-0.39, 0.29) is 11.4 Å². The molecule has 1 aliphatic rings. The van der Waals surface area contributed by atoms with Crippen LogP contribution in [0.3, 0.4) is 0 Å². The van der Waals surface area contributed by atoms with E-state index in [2.05, 4.69) is 0 Å². The molecule has 1 fully saturated rings. The van der Waals surface area contributed by atoms with Crippen LogP contribution in [0.1, 0.15) is 32.6 Å². The Kier molecular flexibility index (Phi) is 4.06. The average molecular weight is 204 g/mol. The highest BCUT2D eigenvalue weighted by molar-refractivity contribution is 8.01. The molecule has 3 atom stereocenters. The lowest BCUT2D eigenvalue weighted by atomic mass is 9.97. The van der Waals surface area contributed by atoms with Crippen LogP contribution in [0.15, 0.2) is 0 Å². The molecule has 76 valence electrons. The average Bonchev–Trinajstić information content (AvgIpc) is 2.08. The van der Waals surface area contributed by atoms with Gasteiger partial charge in [-0.25, -0.2) is 0 Å². The van der Waals surface area contributed by atoms with Gasteiger partial charge >= 0.3 is 5.97 Å². The molecule has 0 bridgehead atoms. The lowest BCUT2D eigenvalue weighted by molar-refractivity contribution is -0.136. The summed E-state index contributed by atoms with van der Waals surface area (Å²) in [7, 11) is 0. The smallest absolute Gasteiger partial charge is 0.316 e. The number of aliphatic carboxylic acids is 1. The van der Waals surface area contributed by atoms with Crippen LogP contribution in [0.2, 0.25) is 0 Å². The quantitative estimate of drug-likeness (QED) is 0.731. The van der Waals surface area contributed by atoms with Crippen molar-refractivity contribution in [3.63, 3.8) is 0 Å². The van der Waals surface area contributed by atoms with E-state index >= 15 is 0 Å². The molecule has 0 saturated heterocycles. The van der Waals surface area contributed by atoms with Crippen molar-refractivity contribution in [1.82, 2.24) is 0 Å². The molecule has 0 heterocycles. The summed E-state index contributed by atoms with van der Waals surface area (Å²) in [6.45, 7) is 1.67. The number of thioether (sulfide) groups is 1. The van der Waals surface area contributed by atoms with Gasteiger partial charge in [-0.3, -0.25) is 4.79 Å². The topological polar surface area (TPSA) is 57.5 Å². The second kappa shape index (κ2) is 4.86. The summed E-state index contributed by atoms with van der Waals surface area (Å²) in [6.07, 6.45) is 3.65. The van der Waals surface area contributed by atoms with Crippen molar-refractivity contribution < 1.29 is 15.0 Å². The van der Waals surface area contributed by atoms with Crippen LogP contribution in [0.4, 0.5) is 0 Å². The van der Waals surface area contributed by atoms with Gasteiger partial charge in [0.15, 0.2) is 0 Å². The maximum atomic E-state index is 10.6. The van der Waals surface area contributed by atoms with Gasteiger partial charge in [-0.2, -0.15) is 0 Å². The summed E-state index contributed by atoms with van der Waals surface area (Å²) < 4.78 is 0. The minimum absolute atomic E-state index is 0.125. The lowest BCUT2D eigenvalue weighted by Gasteiger charge is -2.28. The highest BCUT2D eigenvalue weighted by Crippen LogP contribution is 2.31. The van der Waals surface area contributed by atoms with E-state index in [0.29, 0.717) is 0 Å². The Bertz CT molecular complexity index is 184. The summed E-state index contributed by atoms with van der Waals surface area (Å²) in [5.74, 6) is -0.789. The van der Waals surface area contributed by atoms with Gasteiger partial charge in [0.05, 0.1) is 11.4 Å². The van der Waals surface area contributed by atoms with Gasteiger partial charge in [0, 0.05) is 5.25 Å². The first-order valence-electron chi connectivity index (χ1n) is 4.67. The van der Waals surface area contributed by atoms with E-state index in [9.17, 15) is 9.90 Å². The Morgan fingerprint density at radius 1 is 1.46 bits per heavy atom. The zero-order valence-corrected chi connectivity index (χ0v) is 8.59. The highest BCUT2D eigenvalue weighted by atomic mass is 32.2. The van der Waals surface area contributed by atoms with Crippen molar-refractivity contribution in [1.29, 1.82) is 0 Å². The van der Waals surface area contributed by atoms with Gasteiger partial charge in [0.25, 0.3) is 0 Å². The summed E-state index contributed by atoms with van der Waals surface area (Å²) in [5.41, 5.74) is 0. The zero-order chi connectivity index (χ0) is 9.84. The minimum Gasteiger partial charge on any atom is -0.480 e. The highest BCUT2D eigenvalue weighted by Gasteiger charge is 2.27. The third-order valence-electron chi connectivity index (χ3n) is 2.39. The van der Waals surface area contributed by atoms with Gasteiger partial charge < -0.3 is 10.2 Å². The number of aliphatic hydroxyl groups is 1. The van der Waals surface area contributed by atoms with E-state index in [1.165, 1.54) is 11.8 Å². The number of carboxylic acids is 1. The summed E-state index contributed by atoms with van der Waals surface area (Å²) in [5, 5.41) is 18.0. The SMILES string of the molecule is CC(SC1CCCCC1O)C(=O)O. The Balaban J connectivity index is 2.37. The van der Waals surface area contributed by atoms with Crippen LogP contribution in [0.25, 0.3) is 0 Å². The molecule has 1 aliphatic carbocycles. The summed E-state index contributed by atoms with van der Waals surface area (Å²) in [4.78, 5) is 10.6. The van der Waals surface area contributed by atoms with Crippen molar-refractivity contribution in [2.45, 2.75) is 49.2 Å². The van der Waals surface area contributed by atoms with Gasteiger partial charge in [0.2, 0.25) is 0 Å². The number of rotatable bonds is 3. The minimum atomic E-state index is -0.789. The first kappa shape index (κ1) is 10.9. The first-order chi connectivity index (χ1) is 6.11. The molecule has 0 aromatic heterocycles. The Hall–Kier alpha value is -0.220. The molecule has 3 nitrogen and oxygen atoms in total. The van der Waals surface area contributed by atoms with E-state index < -0.39 is 11.2 Å². The largest absolute Gasteiger partial charge is 0.480 e. The van der Waals surface area contributed by atoms with E-state index in [1.807, 2.05) is 0 Å². The molecule has 0 aliphatic heterocycles. The van der Waals surface area contributed by atoms with Crippen LogP contribution >= 0.6 is 11.8 Å². The molecule has 2 N–H and O–H groups in total. The van der Waals surface area contributed by atoms with Crippen molar-refractivity contribution in [2.24, 2.45) is 0 Å². The number of aliphatic hydroxyl groups excluding tert-OH is 1. The third kappa shape index (κ3) is 3.19. The molecule has 1 rings (SSSR count). The summed E-state index contributed by atoms with van der Waals surface area (Å²) in [6, 6.07) is 0. The first-order valence-corrected chi connectivity index (χ1v) is 5.62. The number of carboxylic acid groups (broad SMARTS) is 1. The van der Waals surface area contributed by atoms with Crippen LogP contribution in [0, 0.1) is 0 Å². The standard InChI is InChI=1S/C9H16O3S/c1-6(9(11)12)13-8-5-3-2-4-7(8)10/h6-8,10H,2-5H2,1H3,(H,11,12). The fourth-order valence-electron chi connectivity index (χ4n) is 1.56. The molecule has 3 unspecified atom stereocenters. The molecule has 4 heteroatoms. The molecule has 0 radical (unpaired) electrons. The molecule has 0 aromatic carbocycles. The molecular formula is C9H16O3S. The van der Waals surface area contributed by atoms with E-state index in [1.54, 1.807) is 6.92 Å². The summed E-state index contributed by atoms with van der Waals surface area (Å²) >= 11 is 1.39. The fourth-order valence-corrected chi connectivity index (χ4v) is 2.82. The van der Waals surface area contributed by atoms with E-state index in [4.69, 9.17) is 5.11 Å². The maximum absolute atomic E-state index is 10.6. The van der Waals surface area contributed by atoms with Crippen molar-refractivity contribution >= 4 is 17.7 Å². The van der Waals surface area contributed by atoms with Gasteiger partial charge in [0.1, 0.15) is 0 Å². The van der Waals surface area contributed by atoms with Gasteiger partial charge in [-0.05, 0) is 19.8 Å². The Labute approximate surface area is 82.5 Å². The Morgan fingerprint density at radius 2 is 2.08 bits per heavy atom. The van der Waals surface area contributed by atoms with Gasteiger partial charge in [-0.1, -0.05) is 12.8 Å². The van der Waals surface area contributed by atoms with E-state index in [0.717, 1.165) is 25.7 Å². The predicted octanol–water partition coefficient (Wildman–Crippen LogP) is 1.50. The van der Waals surface area contributed by atoms with Crippen LogP contribution < -0.4 is 0 Å². The molecule has 0 amide bonds. The van der Waals surface area contributed by atoms with Crippen molar-refractivity contribution in [2.75, 3.05) is 0 Å². The molecule has 0 aromatic rings. The molecule has 0 spiro atoms. The second-order valence-electron chi connectivity index (χ2n) is 3.51. The Morgan fingerprint density at radius 3 is 2.62 bits per heavy atom. The van der Waals surface area contributed by atoms with Crippen molar-refractivity contribution in [3.8, 4) is 0 Å². The molecule has 13 heavy (non-hydrogen) atoms. The van der Waals surface area contributed by atoms with Crippen LogP contribution in [0.5, 0.6) is 0 Å². The molecule has 1 saturated carbocycles. The zero-order valence-electron chi connectivity index (χ0n) is 7.77. The monoisotopic (exact) mass is 204 g/mol. The predicted molar refractivity (Wildman–Crippen MR) is 53.0 cm³/mol. The number of carbonyl (C=O) groups is 1. The lowest BCUT2D eigenvalue weighted by Crippen LogP contribution is -2.30. The van der Waals surface area contributed by atoms with Crippen molar-refractivity contribution in [3.05, 3.63) is 0 Å².